The summed E-state index contributed by atoms with van der Waals surface area (Å²) in [6.07, 6.45) is 0.0750. The summed E-state index contributed by atoms with van der Waals surface area (Å²) in [4.78, 5) is 18.7. The lowest BCUT2D eigenvalue weighted by Gasteiger charge is -2.35. The molecule has 1 aliphatic rings. The number of morpholine rings is 1. The van der Waals surface area contributed by atoms with Crippen LogP contribution in [0.2, 0.25) is 0 Å². The van der Waals surface area contributed by atoms with Crippen molar-refractivity contribution in [1.29, 1.82) is 0 Å². The number of carbonyl (C=O) groups is 1. The van der Waals surface area contributed by atoms with Crippen molar-refractivity contribution in [1.82, 2.24) is 9.88 Å². The van der Waals surface area contributed by atoms with Crippen LogP contribution in [0.5, 0.6) is 0 Å². The largest absolute Gasteiger partial charge is 0.383 e. The highest BCUT2D eigenvalue weighted by molar-refractivity contribution is 5.99. The van der Waals surface area contributed by atoms with E-state index in [1.54, 1.807) is 11.0 Å². The van der Waals surface area contributed by atoms with Crippen LogP contribution >= 0.6 is 0 Å². The average molecular weight is 285 g/mol. The first kappa shape index (κ1) is 13.8. The molecule has 3 rings (SSSR count). The minimum absolute atomic E-state index is 0.0375. The van der Waals surface area contributed by atoms with E-state index >= 15 is 0 Å². The molecule has 1 aromatic carbocycles. The molecule has 5 nitrogen and oxygen atoms in total. The van der Waals surface area contributed by atoms with Gasteiger partial charge in [-0.3, -0.25) is 4.79 Å². The van der Waals surface area contributed by atoms with E-state index in [1.165, 1.54) is 0 Å². The van der Waals surface area contributed by atoms with Gasteiger partial charge >= 0.3 is 0 Å². The molecule has 1 aliphatic heterocycles. The lowest BCUT2D eigenvalue weighted by molar-refractivity contribution is -0.0587. The lowest BCUT2D eigenvalue weighted by Crippen LogP contribution is -2.48. The highest BCUT2D eigenvalue weighted by Gasteiger charge is 2.27. The fraction of sp³-hybridized carbons (Fsp3) is 0.375. The second-order valence-corrected chi connectivity index (χ2v) is 5.58. The molecule has 110 valence electrons. The van der Waals surface area contributed by atoms with Crippen molar-refractivity contribution >= 4 is 22.5 Å². The molecular formula is C16H19N3O2. The number of benzene rings is 1. The van der Waals surface area contributed by atoms with Crippen molar-refractivity contribution in [3.05, 3.63) is 36.0 Å². The smallest absolute Gasteiger partial charge is 0.272 e. The topological polar surface area (TPSA) is 68.5 Å². The highest BCUT2D eigenvalue weighted by atomic mass is 16.5. The van der Waals surface area contributed by atoms with Gasteiger partial charge in [-0.15, -0.1) is 0 Å². The van der Waals surface area contributed by atoms with E-state index < -0.39 is 0 Å². The van der Waals surface area contributed by atoms with E-state index in [0.29, 0.717) is 24.6 Å². The molecule has 2 atom stereocenters. The number of anilines is 1. The zero-order valence-corrected chi connectivity index (χ0v) is 12.2. The summed E-state index contributed by atoms with van der Waals surface area (Å²) < 4.78 is 5.66. The van der Waals surface area contributed by atoms with Crippen molar-refractivity contribution in [3.63, 3.8) is 0 Å². The number of carbonyl (C=O) groups excluding carboxylic acids is 1. The van der Waals surface area contributed by atoms with E-state index in [2.05, 4.69) is 4.98 Å². The first-order valence-corrected chi connectivity index (χ1v) is 7.14. The summed E-state index contributed by atoms with van der Waals surface area (Å²) in [6.45, 7) is 5.10. The first-order valence-electron chi connectivity index (χ1n) is 7.14. The highest BCUT2D eigenvalue weighted by Crippen LogP contribution is 2.21. The summed E-state index contributed by atoms with van der Waals surface area (Å²) in [6, 6.07) is 9.49. The van der Waals surface area contributed by atoms with Crippen LogP contribution in [-0.4, -0.2) is 41.1 Å². The van der Waals surface area contributed by atoms with Gasteiger partial charge in [0, 0.05) is 18.5 Å². The molecule has 0 bridgehead atoms. The second kappa shape index (κ2) is 5.33. The van der Waals surface area contributed by atoms with Crippen molar-refractivity contribution < 1.29 is 9.53 Å². The monoisotopic (exact) mass is 285 g/mol. The Morgan fingerprint density at radius 2 is 1.95 bits per heavy atom. The van der Waals surface area contributed by atoms with Gasteiger partial charge in [0.05, 0.1) is 12.2 Å². The summed E-state index contributed by atoms with van der Waals surface area (Å²) in [5.74, 6) is 0.306. The molecule has 5 heteroatoms. The fourth-order valence-electron chi connectivity index (χ4n) is 2.84. The van der Waals surface area contributed by atoms with Gasteiger partial charge in [-0.1, -0.05) is 24.3 Å². The molecule has 2 aromatic rings. The number of nitrogen functional groups attached to an aromatic ring is 1. The molecule has 1 amide bonds. The van der Waals surface area contributed by atoms with Gasteiger partial charge in [0.1, 0.15) is 11.5 Å². The maximum Gasteiger partial charge on any atom is 0.272 e. The summed E-state index contributed by atoms with van der Waals surface area (Å²) >= 11 is 0. The molecule has 1 aromatic heterocycles. The van der Waals surface area contributed by atoms with Gasteiger partial charge in [-0.05, 0) is 25.3 Å². The van der Waals surface area contributed by atoms with E-state index in [1.807, 2.05) is 38.1 Å². The summed E-state index contributed by atoms with van der Waals surface area (Å²) in [5.41, 5.74) is 6.37. The predicted molar refractivity (Wildman–Crippen MR) is 82.1 cm³/mol. The normalized spacial score (nSPS) is 22.5. The van der Waals surface area contributed by atoms with Crippen LogP contribution in [0.15, 0.2) is 30.3 Å². The molecule has 0 saturated carbocycles. The number of rotatable bonds is 1. The third-order valence-corrected chi connectivity index (χ3v) is 3.70. The molecule has 1 saturated heterocycles. The second-order valence-electron chi connectivity index (χ2n) is 5.58. The molecule has 2 heterocycles. The first-order chi connectivity index (χ1) is 10.0. The fourth-order valence-corrected chi connectivity index (χ4v) is 2.84. The molecular weight excluding hydrogens is 266 g/mol. The number of hydrogen-bond acceptors (Lipinski definition) is 4. The van der Waals surface area contributed by atoms with Crippen LogP contribution < -0.4 is 5.73 Å². The lowest BCUT2D eigenvalue weighted by atomic mass is 10.1. The molecule has 0 aliphatic carbocycles. The van der Waals surface area contributed by atoms with Crippen molar-refractivity contribution in [2.75, 3.05) is 18.8 Å². The van der Waals surface area contributed by atoms with Crippen LogP contribution in [0.25, 0.3) is 10.8 Å². The SMILES string of the molecule is CC1CN(C(=O)c2cc3ccccc3c(N)n2)CC(C)O1. The quantitative estimate of drug-likeness (QED) is 0.871. The van der Waals surface area contributed by atoms with Gasteiger partial charge in [-0.25, -0.2) is 4.98 Å². The molecule has 21 heavy (non-hydrogen) atoms. The maximum absolute atomic E-state index is 12.6. The zero-order chi connectivity index (χ0) is 15.0. The Morgan fingerprint density at radius 3 is 2.67 bits per heavy atom. The van der Waals surface area contributed by atoms with Crippen LogP contribution in [-0.2, 0) is 4.74 Å². The van der Waals surface area contributed by atoms with Gasteiger partial charge in [0.2, 0.25) is 0 Å². The Bertz CT molecular complexity index is 676. The molecule has 2 N–H and O–H groups in total. The van der Waals surface area contributed by atoms with E-state index in [4.69, 9.17) is 10.5 Å². The van der Waals surface area contributed by atoms with Gasteiger partial charge < -0.3 is 15.4 Å². The summed E-state index contributed by atoms with van der Waals surface area (Å²) in [5, 5.41) is 1.81. The van der Waals surface area contributed by atoms with Crippen molar-refractivity contribution in [2.45, 2.75) is 26.1 Å². The number of pyridine rings is 1. The minimum atomic E-state index is -0.0885. The van der Waals surface area contributed by atoms with E-state index in [0.717, 1.165) is 10.8 Å². The number of amides is 1. The predicted octanol–water partition coefficient (Wildman–Crippen LogP) is 2.07. The Balaban J connectivity index is 1.94. The van der Waals surface area contributed by atoms with Crippen LogP contribution in [0.3, 0.4) is 0 Å². The standard InChI is InChI=1S/C16H19N3O2/c1-10-8-19(9-11(2)21-10)16(20)14-7-12-5-3-4-6-13(12)15(17)18-14/h3-7,10-11H,8-9H2,1-2H3,(H2,17,18). The Labute approximate surface area is 123 Å². The summed E-state index contributed by atoms with van der Waals surface area (Å²) in [7, 11) is 0. The number of fused-ring (bicyclic) bond motifs is 1. The van der Waals surface area contributed by atoms with E-state index in [9.17, 15) is 4.79 Å². The van der Waals surface area contributed by atoms with Gasteiger partial charge in [-0.2, -0.15) is 0 Å². The van der Waals surface area contributed by atoms with E-state index in [-0.39, 0.29) is 18.1 Å². The number of nitrogens with zero attached hydrogens (tertiary/aromatic N) is 2. The van der Waals surface area contributed by atoms with Crippen LogP contribution in [0, 0.1) is 0 Å². The molecule has 0 spiro atoms. The van der Waals surface area contributed by atoms with Gasteiger partial charge in [0.25, 0.3) is 5.91 Å². The van der Waals surface area contributed by atoms with Crippen molar-refractivity contribution in [3.8, 4) is 0 Å². The molecule has 2 unspecified atom stereocenters. The average Bonchev–Trinajstić information content (AvgIpc) is 2.45. The maximum atomic E-state index is 12.6. The van der Waals surface area contributed by atoms with Gasteiger partial charge in [0.15, 0.2) is 0 Å². The number of aromatic nitrogens is 1. The Morgan fingerprint density at radius 1 is 1.29 bits per heavy atom. The molecule has 0 radical (unpaired) electrons. The zero-order valence-electron chi connectivity index (χ0n) is 12.2. The van der Waals surface area contributed by atoms with Crippen molar-refractivity contribution in [2.24, 2.45) is 0 Å². The van der Waals surface area contributed by atoms with Crippen LogP contribution in [0.4, 0.5) is 5.82 Å². The number of hydrogen-bond donors (Lipinski definition) is 1. The number of ether oxygens (including phenoxy) is 1. The number of nitrogens with two attached hydrogens (primary N) is 1. The third-order valence-electron chi connectivity index (χ3n) is 3.70. The third kappa shape index (κ3) is 2.69. The van der Waals surface area contributed by atoms with Crippen LogP contribution in [0.1, 0.15) is 24.3 Å². The molecule has 1 fully saturated rings. The Kier molecular flexibility index (Phi) is 3.51. The Hall–Kier alpha value is -2.14. The minimum Gasteiger partial charge on any atom is -0.383 e.